The summed E-state index contributed by atoms with van der Waals surface area (Å²) in [5, 5.41) is 17.2. The number of rotatable bonds is 4. The summed E-state index contributed by atoms with van der Waals surface area (Å²) in [6.07, 6.45) is 0. The molecule has 0 fully saturated rings. The highest BCUT2D eigenvalue weighted by Crippen LogP contribution is 2.22. The molecule has 0 aromatic carbocycles. The third kappa shape index (κ3) is 3.53. The largest absolute Gasteiger partial charge is 0.395 e. The van der Waals surface area contributed by atoms with Gasteiger partial charge in [-0.25, -0.2) is 4.98 Å². The smallest absolute Gasteiger partial charge is 0.122 e. The molecule has 5 heteroatoms. The van der Waals surface area contributed by atoms with E-state index in [1.165, 1.54) is 11.8 Å². The van der Waals surface area contributed by atoms with Gasteiger partial charge in [-0.05, 0) is 19.1 Å². The van der Waals surface area contributed by atoms with E-state index < -0.39 is 0 Å². The van der Waals surface area contributed by atoms with Gasteiger partial charge in [-0.3, -0.25) is 5.41 Å². The van der Waals surface area contributed by atoms with Crippen LogP contribution in [0.1, 0.15) is 18.2 Å². The van der Waals surface area contributed by atoms with Crippen LogP contribution in [-0.2, 0) is 0 Å². The molecule has 1 aromatic rings. The van der Waals surface area contributed by atoms with Crippen LogP contribution >= 0.6 is 11.8 Å². The monoisotopic (exact) mass is 225 g/mol. The Morgan fingerprint density at radius 3 is 2.87 bits per heavy atom. The lowest BCUT2D eigenvalue weighted by Gasteiger charge is -2.09. The van der Waals surface area contributed by atoms with E-state index in [1.54, 1.807) is 12.1 Å². The number of nitrogens with zero attached hydrogens (tertiary/aromatic N) is 1. The summed E-state index contributed by atoms with van der Waals surface area (Å²) < 4.78 is 0. The molecule has 0 radical (unpaired) electrons. The number of amidine groups is 1. The van der Waals surface area contributed by atoms with Crippen molar-refractivity contribution in [3.8, 4) is 0 Å². The molecule has 0 aliphatic carbocycles. The van der Waals surface area contributed by atoms with Crippen molar-refractivity contribution in [3.05, 3.63) is 23.4 Å². The molecule has 0 spiro atoms. The van der Waals surface area contributed by atoms with Crippen LogP contribution in [0.2, 0.25) is 0 Å². The highest BCUT2D eigenvalue weighted by molar-refractivity contribution is 7.99. The van der Waals surface area contributed by atoms with Crippen molar-refractivity contribution in [2.75, 3.05) is 6.61 Å². The summed E-state index contributed by atoms with van der Waals surface area (Å²) >= 11 is 1.48. The number of nitrogen functional groups attached to an aromatic ring is 1. The molecule has 0 saturated carbocycles. The molecular weight excluding hydrogens is 210 g/mol. The van der Waals surface area contributed by atoms with Crippen LogP contribution in [0.4, 0.5) is 0 Å². The molecule has 1 aromatic heterocycles. The van der Waals surface area contributed by atoms with Gasteiger partial charge in [0.15, 0.2) is 0 Å². The average Bonchev–Trinajstić information content (AvgIpc) is 2.16. The predicted octanol–water partition coefficient (Wildman–Crippen LogP) is 1.15. The van der Waals surface area contributed by atoms with Gasteiger partial charge in [0.2, 0.25) is 0 Å². The first-order chi connectivity index (χ1) is 7.02. The number of aryl methyl sites for hydroxylation is 1. The van der Waals surface area contributed by atoms with Gasteiger partial charge in [0.25, 0.3) is 0 Å². The van der Waals surface area contributed by atoms with Crippen molar-refractivity contribution < 1.29 is 5.11 Å². The lowest BCUT2D eigenvalue weighted by atomic mass is 10.2. The average molecular weight is 225 g/mol. The summed E-state index contributed by atoms with van der Waals surface area (Å²) in [6, 6.07) is 3.54. The quantitative estimate of drug-likeness (QED) is 0.408. The highest BCUT2D eigenvalue weighted by Gasteiger charge is 2.07. The Hall–Kier alpha value is -1.07. The number of aromatic nitrogens is 1. The van der Waals surface area contributed by atoms with Gasteiger partial charge >= 0.3 is 0 Å². The number of thioether (sulfide) groups is 1. The minimum atomic E-state index is 0.0407. The maximum Gasteiger partial charge on any atom is 0.122 e. The Labute approximate surface area is 93.4 Å². The maximum absolute atomic E-state index is 8.93. The number of aliphatic hydroxyl groups is 1. The fraction of sp³-hybridized carbons (Fsp3) is 0.400. The Bertz CT molecular complexity index is 368. The lowest BCUT2D eigenvalue weighted by molar-refractivity contribution is 0.300. The Kier molecular flexibility index (Phi) is 4.11. The molecule has 82 valence electrons. The minimum absolute atomic E-state index is 0.0407. The molecule has 0 saturated heterocycles. The fourth-order valence-electron chi connectivity index (χ4n) is 1.10. The van der Waals surface area contributed by atoms with Crippen LogP contribution in [0, 0.1) is 12.3 Å². The van der Waals surface area contributed by atoms with Crippen LogP contribution in [0.25, 0.3) is 0 Å². The van der Waals surface area contributed by atoms with Gasteiger partial charge in [0.1, 0.15) is 5.84 Å². The third-order valence-corrected chi connectivity index (χ3v) is 2.82. The van der Waals surface area contributed by atoms with Gasteiger partial charge in [-0.2, -0.15) is 0 Å². The van der Waals surface area contributed by atoms with Crippen LogP contribution in [-0.4, -0.2) is 27.8 Å². The number of pyridine rings is 1. The topological polar surface area (TPSA) is 83.0 Å². The van der Waals surface area contributed by atoms with E-state index in [9.17, 15) is 0 Å². The molecule has 0 amide bonds. The number of hydrogen-bond donors (Lipinski definition) is 3. The third-order valence-electron chi connectivity index (χ3n) is 1.82. The van der Waals surface area contributed by atoms with Crippen LogP contribution in [0.3, 0.4) is 0 Å². The second-order valence-corrected chi connectivity index (χ2v) is 4.82. The van der Waals surface area contributed by atoms with Crippen LogP contribution < -0.4 is 5.73 Å². The zero-order chi connectivity index (χ0) is 11.4. The minimum Gasteiger partial charge on any atom is -0.395 e. The second-order valence-electron chi connectivity index (χ2n) is 3.36. The predicted molar refractivity (Wildman–Crippen MR) is 62.4 cm³/mol. The van der Waals surface area contributed by atoms with Crippen molar-refractivity contribution in [3.63, 3.8) is 0 Å². The molecule has 1 unspecified atom stereocenters. The molecule has 0 bridgehead atoms. The first-order valence-corrected chi connectivity index (χ1v) is 5.51. The number of nitrogens with one attached hydrogen (secondary N) is 1. The number of hydrogen-bond acceptors (Lipinski definition) is 4. The highest BCUT2D eigenvalue weighted by atomic mass is 32.2. The molecule has 4 N–H and O–H groups in total. The molecule has 1 atom stereocenters. The summed E-state index contributed by atoms with van der Waals surface area (Å²) in [5.41, 5.74) is 6.92. The van der Waals surface area contributed by atoms with E-state index in [-0.39, 0.29) is 17.7 Å². The van der Waals surface area contributed by atoms with Crippen molar-refractivity contribution >= 4 is 17.6 Å². The zero-order valence-electron chi connectivity index (χ0n) is 8.82. The van der Waals surface area contributed by atoms with E-state index in [2.05, 4.69) is 4.98 Å². The zero-order valence-corrected chi connectivity index (χ0v) is 9.64. The van der Waals surface area contributed by atoms with Crippen LogP contribution in [0.5, 0.6) is 0 Å². The molecule has 0 aliphatic rings. The van der Waals surface area contributed by atoms with Crippen molar-refractivity contribution in [2.24, 2.45) is 5.73 Å². The van der Waals surface area contributed by atoms with Gasteiger partial charge in [0.05, 0.1) is 11.6 Å². The SMILES string of the molecule is Cc1cc(C(=N)N)cc(SC(C)CO)n1. The van der Waals surface area contributed by atoms with Crippen LogP contribution in [0.15, 0.2) is 17.2 Å². The standard InChI is InChI=1S/C10H15N3OS/c1-6-3-8(10(11)12)4-9(13-6)15-7(2)5-14/h3-4,7,14H,5H2,1-2H3,(H3,11,12). The Morgan fingerprint density at radius 1 is 1.67 bits per heavy atom. The summed E-state index contributed by atoms with van der Waals surface area (Å²) in [5.74, 6) is 0.0407. The number of nitrogens with two attached hydrogens (primary N) is 1. The summed E-state index contributed by atoms with van der Waals surface area (Å²) in [6.45, 7) is 3.89. The molecule has 1 heterocycles. The lowest BCUT2D eigenvalue weighted by Crippen LogP contribution is -2.12. The first-order valence-electron chi connectivity index (χ1n) is 4.63. The molecule has 15 heavy (non-hydrogen) atoms. The van der Waals surface area contributed by atoms with E-state index >= 15 is 0 Å². The Balaban J connectivity index is 2.93. The van der Waals surface area contributed by atoms with E-state index in [0.717, 1.165) is 10.7 Å². The second kappa shape index (κ2) is 5.14. The number of aliphatic hydroxyl groups excluding tert-OH is 1. The van der Waals surface area contributed by atoms with Crippen molar-refractivity contribution in [1.82, 2.24) is 4.98 Å². The maximum atomic E-state index is 8.93. The summed E-state index contributed by atoms with van der Waals surface area (Å²) in [7, 11) is 0. The van der Waals surface area contributed by atoms with Gasteiger partial charge in [-0.15, -0.1) is 11.8 Å². The van der Waals surface area contributed by atoms with E-state index in [0.29, 0.717) is 5.56 Å². The van der Waals surface area contributed by atoms with Crippen molar-refractivity contribution in [1.29, 1.82) is 5.41 Å². The van der Waals surface area contributed by atoms with Gasteiger partial charge < -0.3 is 10.8 Å². The molecular formula is C10H15N3OS. The first kappa shape index (κ1) is 12.0. The van der Waals surface area contributed by atoms with Gasteiger partial charge in [0, 0.05) is 16.5 Å². The molecule has 4 nitrogen and oxygen atoms in total. The Morgan fingerprint density at radius 2 is 2.33 bits per heavy atom. The van der Waals surface area contributed by atoms with E-state index in [1.807, 2.05) is 13.8 Å². The molecule has 1 rings (SSSR count). The van der Waals surface area contributed by atoms with E-state index in [4.69, 9.17) is 16.2 Å². The van der Waals surface area contributed by atoms with Crippen molar-refractivity contribution in [2.45, 2.75) is 24.1 Å². The van der Waals surface area contributed by atoms with Gasteiger partial charge in [-0.1, -0.05) is 6.92 Å². The summed E-state index contributed by atoms with van der Waals surface area (Å²) in [4.78, 5) is 4.30. The normalized spacial score (nSPS) is 12.5. The fourth-order valence-corrected chi connectivity index (χ4v) is 1.98. The molecule has 0 aliphatic heterocycles.